The molecule has 1 saturated carbocycles. The van der Waals surface area contributed by atoms with Crippen molar-refractivity contribution in [1.82, 2.24) is 10.5 Å². The van der Waals surface area contributed by atoms with E-state index >= 15 is 0 Å². The van der Waals surface area contributed by atoms with Gasteiger partial charge in [0.1, 0.15) is 6.61 Å². The van der Waals surface area contributed by atoms with Gasteiger partial charge in [0.2, 0.25) is 5.91 Å². The second kappa shape index (κ2) is 6.63. The first-order valence-electron chi connectivity index (χ1n) is 6.70. The SMILES string of the molecule is O=C(CC1(O)CCCCC1)NOCc1cccnc1. The van der Waals surface area contributed by atoms with Gasteiger partial charge in [-0.05, 0) is 24.5 Å². The molecule has 2 N–H and O–H groups in total. The molecule has 0 aromatic carbocycles. The monoisotopic (exact) mass is 264 g/mol. The molecule has 1 heterocycles. The minimum absolute atomic E-state index is 0.111. The molecule has 2 rings (SSSR count). The molecule has 0 saturated heterocycles. The highest BCUT2D eigenvalue weighted by molar-refractivity contribution is 5.75. The van der Waals surface area contributed by atoms with Gasteiger partial charge in [-0.15, -0.1) is 0 Å². The van der Waals surface area contributed by atoms with Crippen molar-refractivity contribution in [3.8, 4) is 0 Å². The number of nitrogens with one attached hydrogen (secondary N) is 1. The maximum absolute atomic E-state index is 11.7. The van der Waals surface area contributed by atoms with Crippen molar-refractivity contribution in [1.29, 1.82) is 0 Å². The van der Waals surface area contributed by atoms with Crippen LogP contribution in [-0.4, -0.2) is 21.6 Å². The summed E-state index contributed by atoms with van der Waals surface area (Å²) in [6.45, 7) is 0.276. The summed E-state index contributed by atoms with van der Waals surface area (Å²) in [5, 5.41) is 10.2. The average Bonchev–Trinajstić information content (AvgIpc) is 2.40. The Labute approximate surface area is 113 Å². The third-order valence-corrected chi connectivity index (χ3v) is 3.42. The third kappa shape index (κ3) is 4.61. The molecule has 19 heavy (non-hydrogen) atoms. The van der Waals surface area contributed by atoms with Crippen LogP contribution in [0, 0.1) is 0 Å². The predicted molar refractivity (Wildman–Crippen MR) is 69.8 cm³/mol. The quantitative estimate of drug-likeness (QED) is 0.794. The zero-order valence-corrected chi connectivity index (χ0v) is 11.0. The first-order chi connectivity index (χ1) is 9.18. The Hall–Kier alpha value is -1.46. The number of hydrogen-bond donors (Lipinski definition) is 2. The average molecular weight is 264 g/mol. The lowest BCUT2D eigenvalue weighted by Crippen LogP contribution is -2.38. The van der Waals surface area contributed by atoms with Gasteiger partial charge in [0.05, 0.1) is 12.0 Å². The molecule has 1 aromatic heterocycles. The van der Waals surface area contributed by atoms with Crippen molar-refractivity contribution in [2.45, 2.75) is 50.7 Å². The molecule has 1 fully saturated rings. The topological polar surface area (TPSA) is 71.5 Å². The van der Waals surface area contributed by atoms with Crippen LogP contribution in [0.5, 0.6) is 0 Å². The maximum atomic E-state index is 11.7. The van der Waals surface area contributed by atoms with Crippen molar-refractivity contribution >= 4 is 5.91 Å². The van der Waals surface area contributed by atoms with Crippen molar-refractivity contribution in [2.24, 2.45) is 0 Å². The Morgan fingerprint density at radius 2 is 2.21 bits per heavy atom. The van der Waals surface area contributed by atoms with Gasteiger partial charge in [-0.2, -0.15) is 0 Å². The van der Waals surface area contributed by atoms with Crippen molar-refractivity contribution in [3.05, 3.63) is 30.1 Å². The highest BCUT2D eigenvalue weighted by Gasteiger charge is 2.31. The van der Waals surface area contributed by atoms with Gasteiger partial charge in [-0.1, -0.05) is 25.3 Å². The Morgan fingerprint density at radius 3 is 2.89 bits per heavy atom. The van der Waals surface area contributed by atoms with Crippen LogP contribution in [0.2, 0.25) is 0 Å². The maximum Gasteiger partial charge on any atom is 0.246 e. The van der Waals surface area contributed by atoms with Crippen LogP contribution < -0.4 is 5.48 Å². The van der Waals surface area contributed by atoms with Crippen LogP contribution in [0.1, 0.15) is 44.1 Å². The zero-order valence-electron chi connectivity index (χ0n) is 11.0. The number of hydroxylamine groups is 1. The van der Waals surface area contributed by atoms with E-state index < -0.39 is 5.60 Å². The molecule has 5 heteroatoms. The number of hydrogen-bond acceptors (Lipinski definition) is 4. The van der Waals surface area contributed by atoms with Gasteiger partial charge in [-0.25, -0.2) is 5.48 Å². The van der Waals surface area contributed by atoms with Gasteiger partial charge in [0.25, 0.3) is 0 Å². The number of carbonyl (C=O) groups excluding carboxylic acids is 1. The van der Waals surface area contributed by atoms with Gasteiger partial charge in [0, 0.05) is 12.4 Å². The second-order valence-electron chi connectivity index (χ2n) is 5.14. The fourth-order valence-corrected chi connectivity index (χ4v) is 2.41. The Balaban J connectivity index is 1.70. The summed E-state index contributed by atoms with van der Waals surface area (Å²) >= 11 is 0. The summed E-state index contributed by atoms with van der Waals surface area (Å²) in [6, 6.07) is 3.68. The molecule has 0 radical (unpaired) electrons. The number of nitrogens with zero attached hydrogens (tertiary/aromatic N) is 1. The van der Waals surface area contributed by atoms with E-state index in [4.69, 9.17) is 4.84 Å². The number of aromatic nitrogens is 1. The van der Waals surface area contributed by atoms with Crippen LogP contribution in [-0.2, 0) is 16.2 Å². The highest BCUT2D eigenvalue weighted by Crippen LogP contribution is 2.30. The number of aliphatic hydroxyl groups is 1. The summed E-state index contributed by atoms with van der Waals surface area (Å²) in [7, 11) is 0. The van der Waals surface area contributed by atoms with E-state index in [1.54, 1.807) is 12.4 Å². The van der Waals surface area contributed by atoms with E-state index in [1.807, 2.05) is 12.1 Å². The van der Waals surface area contributed by atoms with Gasteiger partial charge in [0.15, 0.2) is 0 Å². The molecule has 0 spiro atoms. The number of carbonyl (C=O) groups is 1. The highest BCUT2D eigenvalue weighted by atomic mass is 16.6. The van der Waals surface area contributed by atoms with Crippen LogP contribution in [0.15, 0.2) is 24.5 Å². The lowest BCUT2D eigenvalue weighted by molar-refractivity contribution is -0.141. The Kier molecular flexibility index (Phi) is 4.87. The molecule has 0 atom stereocenters. The summed E-state index contributed by atoms with van der Waals surface area (Å²) in [4.78, 5) is 20.8. The summed E-state index contributed by atoms with van der Waals surface area (Å²) in [5.74, 6) is -0.270. The predicted octanol–water partition coefficient (Wildman–Crippen LogP) is 1.71. The van der Waals surface area contributed by atoms with Crippen molar-refractivity contribution in [3.63, 3.8) is 0 Å². The Morgan fingerprint density at radius 1 is 1.42 bits per heavy atom. The number of rotatable bonds is 5. The molecule has 1 aromatic rings. The normalized spacial score (nSPS) is 17.9. The van der Waals surface area contributed by atoms with Crippen molar-refractivity contribution in [2.75, 3.05) is 0 Å². The molecule has 1 aliphatic carbocycles. The first kappa shape index (κ1) is 14.0. The lowest BCUT2D eigenvalue weighted by Gasteiger charge is -2.31. The van der Waals surface area contributed by atoms with Crippen LogP contribution in [0.3, 0.4) is 0 Å². The number of amides is 1. The van der Waals surface area contributed by atoms with Crippen molar-refractivity contribution < 1.29 is 14.7 Å². The smallest absolute Gasteiger partial charge is 0.246 e. The van der Waals surface area contributed by atoms with E-state index in [0.717, 1.165) is 24.8 Å². The largest absolute Gasteiger partial charge is 0.389 e. The van der Waals surface area contributed by atoms with Crippen LogP contribution in [0.25, 0.3) is 0 Å². The fourth-order valence-electron chi connectivity index (χ4n) is 2.41. The molecule has 104 valence electrons. The second-order valence-corrected chi connectivity index (χ2v) is 5.14. The summed E-state index contributed by atoms with van der Waals surface area (Å²) in [5.41, 5.74) is 2.42. The molecule has 1 amide bonds. The number of pyridine rings is 1. The third-order valence-electron chi connectivity index (χ3n) is 3.42. The fraction of sp³-hybridized carbons (Fsp3) is 0.571. The van der Waals surface area contributed by atoms with E-state index in [0.29, 0.717) is 12.8 Å². The van der Waals surface area contributed by atoms with E-state index in [1.165, 1.54) is 0 Å². The lowest BCUT2D eigenvalue weighted by atomic mass is 9.82. The standard InChI is InChI=1S/C14H20N2O3/c17-13(9-14(18)6-2-1-3-7-14)16-19-11-12-5-4-8-15-10-12/h4-5,8,10,18H,1-3,6-7,9,11H2,(H,16,17). The minimum Gasteiger partial charge on any atom is -0.389 e. The molecule has 0 bridgehead atoms. The van der Waals surface area contributed by atoms with Crippen LogP contribution in [0.4, 0.5) is 0 Å². The van der Waals surface area contributed by atoms with Gasteiger partial charge in [-0.3, -0.25) is 14.6 Å². The van der Waals surface area contributed by atoms with Gasteiger partial charge < -0.3 is 5.11 Å². The molecule has 5 nitrogen and oxygen atoms in total. The molecule has 1 aliphatic rings. The first-order valence-corrected chi connectivity index (χ1v) is 6.70. The van der Waals surface area contributed by atoms with E-state index in [9.17, 15) is 9.90 Å². The summed E-state index contributed by atoms with van der Waals surface area (Å²) in [6.07, 6.45) is 7.98. The van der Waals surface area contributed by atoms with Crippen LogP contribution >= 0.6 is 0 Å². The molecule has 0 aliphatic heterocycles. The van der Waals surface area contributed by atoms with E-state index in [-0.39, 0.29) is 18.9 Å². The van der Waals surface area contributed by atoms with Gasteiger partial charge >= 0.3 is 0 Å². The molecule has 0 unspecified atom stereocenters. The molecular weight excluding hydrogens is 244 g/mol. The molecular formula is C14H20N2O3. The Bertz CT molecular complexity index is 402. The summed E-state index contributed by atoms with van der Waals surface area (Å²) < 4.78 is 0. The minimum atomic E-state index is -0.847. The zero-order chi connectivity index (χ0) is 13.6. The van der Waals surface area contributed by atoms with E-state index in [2.05, 4.69) is 10.5 Å².